The Labute approximate surface area is 207 Å². The average Bonchev–Trinajstić information content (AvgIpc) is 3.45. The van der Waals surface area contributed by atoms with Gasteiger partial charge in [0, 0.05) is 21.6 Å². The highest BCUT2D eigenvalue weighted by Gasteiger charge is 2.22. The fourth-order valence-electron chi connectivity index (χ4n) is 3.68. The molecule has 4 rings (SSSR count). The minimum absolute atomic E-state index is 0.246. The van der Waals surface area contributed by atoms with Crippen LogP contribution in [0, 0.1) is 6.92 Å². The Bertz CT molecular complexity index is 1360. The maximum absolute atomic E-state index is 12.7. The van der Waals surface area contributed by atoms with Gasteiger partial charge in [0.2, 0.25) is 0 Å². The third kappa shape index (κ3) is 5.73. The van der Waals surface area contributed by atoms with E-state index in [2.05, 4.69) is 10.5 Å². The molecule has 0 saturated heterocycles. The molecule has 180 valence electrons. The van der Waals surface area contributed by atoms with Crippen LogP contribution in [0.5, 0.6) is 5.75 Å². The second-order valence-electron chi connectivity index (χ2n) is 7.66. The van der Waals surface area contributed by atoms with Gasteiger partial charge < -0.3 is 18.5 Å². The smallest absolute Gasteiger partial charge is 0.340 e. The van der Waals surface area contributed by atoms with Crippen molar-refractivity contribution in [2.24, 2.45) is 5.10 Å². The highest BCUT2D eigenvalue weighted by Crippen LogP contribution is 2.31. The molecule has 0 spiro atoms. The van der Waals surface area contributed by atoms with Gasteiger partial charge in [0.15, 0.2) is 6.61 Å². The monoisotopic (exact) mass is 493 g/mol. The lowest BCUT2D eigenvalue weighted by atomic mass is 10.1. The van der Waals surface area contributed by atoms with E-state index in [1.807, 2.05) is 29.7 Å². The molecule has 0 aliphatic carbocycles. The van der Waals surface area contributed by atoms with E-state index in [1.165, 1.54) is 6.21 Å². The molecular formula is C26H24ClN3O5. The molecule has 0 aliphatic rings. The van der Waals surface area contributed by atoms with Crippen molar-refractivity contribution < 1.29 is 23.5 Å². The Kier molecular flexibility index (Phi) is 7.52. The van der Waals surface area contributed by atoms with Crippen molar-refractivity contribution in [1.82, 2.24) is 9.99 Å². The number of nitrogens with one attached hydrogen (secondary N) is 1. The van der Waals surface area contributed by atoms with Crippen molar-refractivity contribution in [3.63, 3.8) is 0 Å². The molecule has 2 heterocycles. The number of nitrogens with zero attached hydrogens (tertiary/aromatic N) is 2. The second kappa shape index (κ2) is 10.9. The van der Waals surface area contributed by atoms with Crippen LogP contribution in [0.1, 0.15) is 34.3 Å². The third-order valence-electron chi connectivity index (χ3n) is 5.31. The predicted octanol–water partition coefficient (Wildman–Crippen LogP) is 4.95. The van der Waals surface area contributed by atoms with Crippen LogP contribution in [0.2, 0.25) is 5.02 Å². The normalized spacial score (nSPS) is 11.2. The molecule has 2 aromatic heterocycles. The highest BCUT2D eigenvalue weighted by molar-refractivity contribution is 6.30. The van der Waals surface area contributed by atoms with Crippen LogP contribution in [0.3, 0.4) is 0 Å². The minimum atomic E-state index is -0.424. The fraction of sp³-hybridized carbons (Fsp3) is 0.192. The molecule has 1 N–H and O–H groups in total. The summed E-state index contributed by atoms with van der Waals surface area (Å²) in [4.78, 5) is 24.9. The summed E-state index contributed by atoms with van der Waals surface area (Å²) in [5, 5.41) is 5.21. The predicted molar refractivity (Wildman–Crippen MR) is 133 cm³/mol. The number of fused-ring (bicyclic) bond motifs is 1. The number of carbonyl (C=O) groups excluding carboxylic acids is 2. The minimum Gasteiger partial charge on any atom is -0.484 e. The molecule has 0 aliphatic heterocycles. The van der Waals surface area contributed by atoms with E-state index in [9.17, 15) is 9.59 Å². The first kappa shape index (κ1) is 24.1. The first-order valence-corrected chi connectivity index (χ1v) is 11.4. The van der Waals surface area contributed by atoms with Gasteiger partial charge in [0.1, 0.15) is 11.5 Å². The lowest BCUT2D eigenvalue weighted by molar-refractivity contribution is -0.123. The number of hydrogen-bond acceptors (Lipinski definition) is 6. The summed E-state index contributed by atoms with van der Waals surface area (Å²) in [6.45, 7) is 4.10. The van der Waals surface area contributed by atoms with Crippen molar-refractivity contribution in [1.29, 1.82) is 0 Å². The van der Waals surface area contributed by atoms with Gasteiger partial charge in [-0.15, -0.1) is 0 Å². The average molecular weight is 494 g/mol. The van der Waals surface area contributed by atoms with Crippen LogP contribution >= 0.6 is 11.6 Å². The number of hydrogen-bond donors (Lipinski definition) is 1. The van der Waals surface area contributed by atoms with Gasteiger partial charge in [-0.25, -0.2) is 10.2 Å². The lowest BCUT2D eigenvalue weighted by Gasteiger charge is -2.08. The summed E-state index contributed by atoms with van der Waals surface area (Å²) < 4.78 is 18.4. The first-order chi connectivity index (χ1) is 17.0. The zero-order valence-corrected chi connectivity index (χ0v) is 20.0. The van der Waals surface area contributed by atoms with E-state index in [0.717, 1.165) is 22.5 Å². The number of hydrazone groups is 1. The van der Waals surface area contributed by atoms with E-state index < -0.39 is 11.9 Å². The summed E-state index contributed by atoms with van der Waals surface area (Å²) in [7, 11) is 0. The molecule has 8 nitrogen and oxygen atoms in total. The highest BCUT2D eigenvalue weighted by atomic mass is 35.5. The van der Waals surface area contributed by atoms with Crippen LogP contribution in [-0.4, -0.2) is 35.9 Å². The Balaban J connectivity index is 1.50. The first-order valence-electron chi connectivity index (χ1n) is 11.0. The number of esters is 1. The van der Waals surface area contributed by atoms with Crippen molar-refractivity contribution in [2.75, 3.05) is 13.2 Å². The maximum atomic E-state index is 12.7. The van der Waals surface area contributed by atoms with E-state index in [4.69, 9.17) is 25.5 Å². The summed E-state index contributed by atoms with van der Waals surface area (Å²) >= 11 is 5.85. The van der Waals surface area contributed by atoms with Gasteiger partial charge in [-0.3, -0.25) is 4.79 Å². The number of halogens is 1. The van der Waals surface area contributed by atoms with Gasteiger partial charge in [-0.1, -0.05) is 23.7 Å². The van der Waals surface area contributed by atoms with Crippen molar-refractivity contribution in [3.8, 4) is 5.75 Å². The van der Waals surface area contributed by atoms with Crippen molar-refractivity contribution in [3.05, 3.63) is 88.5 Å². The zero-order chi connectivity index (χ0) is 24.8. The number of benzene rings is 2. The van der Waals surface area contributed by atoms with Crippen LogP contribution in [0.25, 0.3) is 10.9 Å². The van der Waals surface area contributed by atoms with Gasteiger partial charge in [-0.05, 0) is 61.9 Å². The molecular weight excluding hydrogens is 470 g/mol. The summed E-state index contributed by atoms with van der Waals surface area (Å²) in [6, 6.07) is 16.1. The molecule has 1 amide bonds. The number of aromatic nitrogens is 1. The molecule has 35 heavy (non-hydrogen) atoms. The quantitative estimate of drug-likeness (QED) is 0.202. The fourth-order valence-corrected chi connectivity index (χ4v) is 3.81. The molecule has 0 bridgehead atoms. The summed E-state index contributed by atoms with van der Waals surface area (Å²) in [5.41, 5.74) is 5.25. The molecule has 0 atom stereocenters. The van der Waals surface area contributed by atoms with Crippen LogP contribution in [0.15, 0.2) is 70.4 Å². The van der Waals surface area contributed by atoms with Crippen molar-refractivity contribution >= 4 is 40.6 Å². The van der Waals surface area contributed by atoms with Crippen LogP contribution < -0.4 is 10.2 Å². The number of amides is 1. The molecule has 0 unspecified atom stereocenters. The lowest BCUT2D eigenvalue weighted by Crippen LogP contribution is -2.24. The molecule has 4 aromatic rings. The Morgan fingerprint density at radius 1 is 1.17 bits per heavy atom. The number of rotatable bonds is 9. The number of ether oxygens (including phenoxy) is 2. The largest absolute Gasteiger partial charge is 0.484 e. The molecule has 0 saturated carbocycles. The molecule has 9 heteroatoms. The standard InChI is InChI=1S/C26H24ClN3O5/c1-3-33-26(32)25-17(2)30(15-21-5-4-12-34-21)23-11-10-20(13-22(23)25)35-16-24(31)29-28-14-18-6-8-19(27)9-7-18/h4-14H,3,15-16H2,1-2H3,(H,29,31)/b28-14-. The van der Waals surface area contributed by atoms with Crippen LogP contribution in [0.4, 0.5) is 0 Å². The van der Waals surface area contributed by atoms with E-state index in [1.54, 1.807) is 49.6 Å². The van der Waals surface area contributed by atoms with Gasteiger partial charge in [0.05, 0.1) is 31.2 Å². The number of carbonyl (C=O) groups is 2. The van der Waals surface area contributed by atoms with Gasteiger partial charge >= 0.3 is 5.97 Å². The molecule has 0 fully saturated rings. The van der Waals surface area contributed by atoms with Gasteiger partial charge in [0.25, 0.3) is 5.91 Å². The van der Waals surface area contributed by atoms with Crippen molar-refractivity contribution in [2.45, 2.75) is 20.4 Å². The molecule has 0 radical (unpaired) electrons. The Hall–Kier alpha value is -4.04. The number of furan rings is 1. The van der Waals surface area contributed by atoms with Gasteiger partial charge in [-0.2, -0.15) is 5.10 Å². The second-order valence-corrected chi connectivity index (χ2v) is 8.10. The Morgan fingerprint density at radius 3 is 2.69 bits per heavy atom. The Morgan fingerprint density at radius 2 is 1.97 bits per heavy atom. The van der Waals surface area contributed by atoms with E-state index in [0.29, 0.717) is 28.3 Å². The SMILES string of the molecule is CCOC(=O)c1c(C)n(Cc2ccco2)c2ccc(OCC(=O)N/N=C\c3ccc(Cl)cc3)cc12. The molecule has 2 aromatic carbocycles. The zero-order valence-electron chi connectivity index (χ0n) is 19.3. The summed E-state index contributed by atoms with van der Waals surface area (Å²) in [6.07, 6.45) is 3.12. The van der Waals surface area contributed by atoms with E-state index >= 15 is 0 Å². The van der Waals surface area contributed by atoms with Crippen LogP contribution in [-0.2, 0) is 16.1 Å². The summed E-state index contributed by atoms with van der Waals surface area (Å²) in [5.74, 6) is 0.360. The van der Waals surface area contributed by atoms with E-state index in [-0.39, 0.29) is 13.2 Å². The maximum Gasteiger partial charge on any atom is 0.340 e. The topological polar surface area (TPSA) is 95.1 Å². The third-order valence-corrected chi connectivity index (χ3v) is 5.56.